The maximum absolute atomic E-state index is 6.61. The van der Waals surface area contributed by atoms with Gasteiger partial charge < -0.3 is 9.32 Å². The minimum atomic E-state index is -2.14. The normalized spacial score (nSPS) is 15.5. The Morgan fingerprint density at radius 2 is 1.23 bits per heavy atom. The summed E-state index contributed by atoms with van der Waals surface area (Å²) < 4.78 is 9.20. The Hall–Kier alpha value is -7.12. The lowest BCUT2D eigenvalue weighted by molar-refractivity contribution is 0.669. The van der Waals surface area contributed by atoms with E-state index in [-0.39, 0.29) is 0 Å². The number of para-hydroxylation sites is 2. The molecule has 3 aliphatic carbocycles. The summed E-state index contributed by atoms with van der Waals surface area (Å²) in [6, 6.07) is 52.3. The summed E-state index contributed by atoms with van der Waals surface area (Å²) in [4.78, 5) is 12.6. The fourth-order valence-electron chi connectivity index (χ4n) is 12.0. The second-order valence-corrected chi connectivity index (χ2v) is 22.9. The van der Waals surface area contributed by atoms with Crippen molar-refractivity contribution in [3.8, 4) is 22.5 Å². The van der Waals surface area contributed by atoms with Crippen molar-refractivity contribution in [1.82, 2.24) is 9.97 Å². The first-order chi connectivity index (χ1) is 30.0. The van der Waals surface area contributed by atoms with E-state index in [9.17, 15) is 0 Å². The number of anilines is 3. The minimum Gasteiger partial charge on any atom is -0.456 e. The van der Waals surface area contributed by atoms with Crippen LogP contribution >= 0.6 is 11.3 Å². The van der Waals surface area contributed by atoms with Crippen molar-refractivity contribution in [3.63, 3.8) is 0 Å². The lowest BCUT2D eigenvalue weighted by Gasteiger charge is -2.41. The van der Waals surface area contributed by atoms with E-state index >= 15 is 0 Å². The zero-order valence-electron chi connectivity index (χ0n) is 33.2. The smallest absolute Gasteiger partial charge is 0.137 e. The molecule has 4 aromatic heterocycles. The maximum Gasteiger partial charge on any atom is 0.137 e. The molecule has 284 valence electrons. The van der Waals surface area contributed by atoms with Crippen LogP contribution in [0.25, 0.3) is 87.6 Å². The van der Waals surface area contributed by atoms with Gasteiger partial charge in [0.15, 0.2) is 0 Å². The largest absolute Gasteiger partial charge is 0.456 e. The lowest BCUT2D eigenvalue weighted by Crippen LogP contribution is -2.58. The summed E-state index contributed by atoms with van der Waals surface area (Å²) in [7, 11) is -2.14. The number of thiophene rings is 1. The molecule has 0 unspecified atom stereocenters. The summed E-state index contributed by atoms with van der Waals surface area (Å²) in [5, 5.41) is 10.5. The average Bonchev–Trinajstić information content (AvgIpc) is 4.07. The first-order valence-corrected chi connectivity index (χ1v) is 24.9. The van der Waals surface area contributed by atoms with Crippen molar-refractivity contribution in [2.75, 3.05) is 4.90 Å². The zero-order valence-corrected chi connectivity index (χ0v) is 35.1. The monoisotopic (exact) mass is 811 g/mol. The molecule has 4 nitrogen and oxygen atoms in total. The van der Waals surface area contributed by atoms with E-state index in [1.807, 2.05) is 23.7 Å². The fraction of sp³-hybridized carbons (Fsp3) is 0.0545. The van der Waals surface area contributed by atoms with Crippen LogP contribution in [0.2, 0.25) is 13.1 Å². The zero-order chi connectivity index (χ0) is 39.9. The molecular formula is C55H33N3OSSi. The van der Waals surface area contributed by atoms with Crippen LogP contribution in [0.1, 0.15) is 33.4 Å². The molecule has 0 saturated carbocycles. The van der Waals surface area contributed by atoms with Crippen LogP contribution in [0.5, 0.6) is 0 Å². The van der Waals surface area contributed by atoms with Crippen molar-refractivity contribution in [1.29, 1.82) is 0 Å². The third-order valence-corrected chi connectivity index (χ3v) is 19.3. The molecule has 0 radical (unpaired) electrons. The summed E-state index contributed by atoms with van der Waals surface area (Å²) in [5.74, 6) is 0. The molecular weight excluding hydrogens is 779 g/mol. The van der Waals surface area contributed by atoms with Gasteiger partial charge in [-0.1, -0.05) is 122 Å². The van der Waals surface area contributed by atoms with Crippen LogP contribution < -0.4 is 15.3 Å². The summed E-state index contributed by atoms with van der Waals surface area (Å²) in [6.07, 6.45) is 8.40. The third-order valence-electron chi connectivity index (χ3n) is 14.5. The number of rotatable bonds is 1. The molecule has 15 rings (SSSR count). The molecule has 0 saturated heterocycles. The Labute approximate surface area is 355 Å². The van der Waals surface area contributed by atoms with E-state index in [1.54, 1.807) is 0 Å². The highest BCUT2D eigenvalue weighted by Gasteiger charge is 2.52. The van der Waals surface area contributed by atoms with Gasteiger partial charge >= 0.3 is 0 Å². The van der Waals surface area contributed by atoms with Gasteiger partial charge in [0.25, 0.3) is 0 Å². The molecule has 11 aromatic rings. The standard InChI is InChI=1S/C55H33N3OSSi/c1-61(2)46-17-6-4-14-41(46)58(43-29-45-36(28-47(43)61)32-10-3-5-16-44(32)59-45)42-15-7-11-33-34-23-25-38-50(54(34)60-53(33)42)35-22-20-30-18-19-31-21-24-37(49(35)48(30)31)55(38)39-12-8-26-56-51(39)52-40(55)13-9-27-57-52/h3-29H,1-2H3. The number of nitrogens with zero attached hydrogens (tertiary/aromatic N) is 3. The van der Waals surface area contributed by atoms with Crippen LogP contribution in [0.4, 0.5) is 17.1 Å². The molecule has 0 bridgehead atoms. The van der Waals surface area contributed by atoms with Gasteiger partial charge in [0.1, 0.15) is 19.2 Å². The number of hydrogen-bond acceptors (Lipinski definition) is 5. The molecule has 0 atom stereocenters. The van der Waals surface area contributed by atoms with Crippen LogP contribution in [0, 0.1) is 0 Å². The quantitative estimate of drug-likeness (QED) is 0.155. The van der Waals surface area contributed by atoms with Crippen LogP contribution in [0.15, 0.2) is 156 Å². The van der Waals surface area contributed by atoms with Gasteiger partial charge in [-0.2, -0.15) is 0 Å². The van der Waals surface area contributed by atoms with Crippen molar-refractivity contribution in [2.45, 2.75) is 18.5 Å². The van der Waals surface area contributed by atoms with Gasteiger partial charge in [-0.25, -0.2) is 0 Å². The van der Waals surface area contributed by atoms with E-state index in [4.69, 9.17) is 14.4 Å². The SMILES string of the molecule is C[Si]1(C)c2ccccc2N(c2cccc3c2sc2c4c(ccc23)C2(c3cccnc3-c3ncccc32)c2ccc3c5c(ccc-4c25)C=C3)c2cc3oc4ccccc4c3cc21. The molecule has 4 aliphatic rings. The van der Waals surface area contributed by atoms with Gasteiger partial charge in [-0.05, 0) is 96.5 Å². The molecule has 1 spiro atoms. The van der Waals surface area contributed by atoms with Gasteiger partial charge in [0.05, 0.1) is 27.2 Å². The highest BCUT2D eigenvalue weighted by atomic mass is 32.1. The van der Waals surface area contributed by atoms with Crippen LogP contribution in [-0.4, -0.2) is 18.0 Å². The molecule has 0 N–H and O–H groups in total. The Bertz CT molecular complexity index is 3830. The van der Waals surface area contributed by atoms with E-state index in [0.717, 1.165) is 22.6 Å². The molecule has 6 heteroatoms. The van der Waals surface area contributed by atoms with Crippen molar-refractivity contribution in [2.24, 2.45) is 0 Å². The first kappa shape index (κ1) is 32.7. The number of pyridine rings is 2. The van der Waals surface area contributed by atoms with Crippen molar-refractivity contribution in [3.05, 3.63) is 185 Å². The topological polar surface area (TPSA) is 42.2 Å². The Morgan fingerprint density at radius 1 is 0.525 bits per heavy atom. The highest BCUT2D eigenvalue weighted by Crippen LogP contribution is 2.64. The second-order valence-electron chi connectivity index (χ2n) is 17.6. The fourth-order valence-corrected chi connectivity index (χ4v) is 16.3. The Balaban J connectivity index is 1.07. The molecule has 5 heterocycles. The highest BCUT2D eigenvalue weighted by molar-refractivity contribution is 7.27. The summed E-state index contributed by atoms with van der Waals surface area (Å²) >= 11 is 1.94. The number of furan rings is 1. The summed E-state index contributed by atoms with van der Waals surface area (Å²) in [5.41, 5.74) is 17.1. The predicted octanol–water partition coefficient (Wildman–Crippen LogP) is 13.3. The number of aromatic nitrogens is 2. The Morgan fingerprint density at radius 3 is 2.07 bits per heavy atom. The maximum atomic E-state index is 6.61. The van der Waals surface area contributed by atoms with E-state index in [0.29, 0.717) is 0 Å². The molecule has 0 amide bonds. The summed E-state index contributed by atoms with van der Waals surface area (Å²) in [6.45, 7) is 5.01. The third kappa shape index (κ3) is 3.76. The molecule has 1 aliphatic heterocycles. The van der Waals surface area contributed by atoms with Gasteiger partial charge in [0, 0.05) is 61.6 Å². The number of hydrogen-bond donors (Lipinski definition) is 0. The number of fused-ring (bicyclic) bond motifs is 18. The first-order valence-electron chi connectivity index (χ1n) is 21.1. The number of benzene rings is 7. The van der Waals surface area contributed by atoms with Crippen molar-refractivity contribution < 1.29 is 4.42 Å². The van der Waals surface area contributed by atoms with Gasteiger partial charge in [0.2, 0.25) is 0 Å². The van der Waals surface area contributed by atoms with Crippen molar-refractivity contribution >= 4 is 112 Å². The van der Waals surface area contributed by atoms with Crippen LogP contribution in [-0.2, 0) is 5.41 Å². The van der Waals surface area contributed by atoms with E-state index in [1.165, 1.54) is 114 Å². The van der Waals surface area contributed by atoms with E-state index in [2.05, 4.69) is 170 Å². The van der Waals surface area contributed by atoms with Gasteiger partial charge in [-0.3, -0.25) is 9.97 Å². The molecule has 7 aromatic carbocycles. The lowest BCUT2D eigenvalue weighted by atomic mass is 9.61. The Kier molecular flexibility index (Phi) is 5.88. The predicted molar refractivity (Wildman–Crippen MR) is 256 cm³/mol. The molecule has 0 fully saturated rings. The minimum absolute atomic E-state index is 0.582. The van der Waals surface area contributed by atoms with Crippen LogP contribution in [0.3, 0.4) is 0 Å². The van der Waals surface area contributed by atoms with E-state index < -0.39 is 13.5 Å². The van der Waals surface area contributed by atoms with Gasteiger partial charge in [-0.15, -0.1) is 11.3 Å². The second kappa shape index (κ2) is 11.0. The molecule has 61 heavy (non-hydrogen) atoms. The average molecular weight is 812 g/mol.